The third-order valence-corrected chi connectivity index (χ3v) is 4.47. The van der Waals surface area contributed by atoms with Crippen molar-refractivity contribution in [2.24, 2.45) is 0 Å². The summed E-state index contributed by atoms with van der Waals surface area (Å²) in [4.78, 5) is 34.4. The van der Waals surface area contributed by atoms with Crippen LogP contribution < -0.4 is 10.1 Å². The van der Waals surface area contributed by atoms with Crippen molar-refractivity contribution in [3.05, 3.63) is 62.8 Å². The Hall–Kier alpha value is -3.70. The summed E-state index contributed by atoms with van der Waals surface area (Å²) in [6.07, 6.45) is -0.988. The predicted octanol–water partition coefficient (Wildman–Crippen LogP) is 3.82. The van der Waals surface area contributed by atoms with E-state index in [1.54, 1.807) is 0 Å². The first-order valence-electron chi connectivity index (χ1n) is 9.43. The number of esters is 1. The molecule has 10 nitrogen and oxygen atoms in total. The molecule has 0 aliphatic carbocycles. The molecule has 1 aliphatic rings. The molecular formula is C20H22F2N2O8. The van der Waals surface area contributed by atoms with Gasteiger partial charge in [0, 0.05) is 12.0 Å². The number of nitrogens with zero attached hydrogens (tertiary/aromatic N) is 1. The zero-order valence-corrected chi connectivity index (χ0v) is 17.6. The van der Waals surface area contributed by atoms with Crippen LogP contribution in [-0.2, 0) is 19.0 Å². The summed E-state index contributed by atoms with van der Waals surface area (Å²) < 4.78 is 45.0. The van der Waals surface area contributed by atoms with Gasteiger partial charge in [-0.05, 0) is 26.3 Å². The lowest BCUT2D eigenvalue weighted by molar-refractivity contribution is -0.431. The molecule has 0 radical (unpaired) electrons. The SMILES string of the molecule is COC(=O)CCCOC(=O)OC1=C(C)NC(C)=C([N+](=O)[O-])C1c1ccccc1OC(F)F. The van der Waals surface area contributed by atoms with E-state index in [1.165, 1.54) is 45.2 Å². The van der Waals surface area contributed by atoms with Gasteiger partial charge in [0.05, 0.1) is 30.0 Å². The second-order valence-corrected chi connectivity index (χ2v) is 6.61. The molecule has 1 heterocycles. The van der Waals surface area contributed by atoms with Gasteiger partial charge in [-0.3, -0.25) is 14.9 Å². The highest BCUT2D eigenvalue weighted by Crippen LogP contribution is 2.42. The van der Waals surface area contributed by atoms with E-state index in [0.29, 0.717) is 0 Å². The molecule has 174 valence electrons. The second kappa shape index (κ2) is 11.1. The summed E-state index contributed by atoms with van der Waals surface area (Å²) >= 11 is 0. The average Bonchev–Trinajstić information content (AvgIpc) is 2.72. The number of hydrogen-bond donors (Lipinski definition) is 1. The minimum atomic E-state index is -3.17. The van der Waals surface area contributed by atoms with Crippen molar-refractivity contribution < 1.29 is 42.2 Å². The van der Waals surface area contributed by atoms with Crippen LogP contribution in [0.5, 0.6) is 5.75 Å². The molecule has 1 atom stereocenters. The number of benzene rings is 1. The van der Waals surface area contributed by atoms with Gasteiger partial charge in [-0.2, -0.15) is 8.78 Å². The number of ether oxygens (including phenoxy) is 4. The Kier molecular flexibility index (Phi) is 8.50. The molecule has 1 aromatic rings. The first-order chi connectivity index (χ1) is 15.1. The molecule has 2 rings (SSSR count). The molecule has 0 spiro atoms. The molecule has 0 aromatic heterocycles. The lowest BCUT2D eigenvalue weighted by atomic mass is 9.89. The Labute approximate surface area is 181 Å². The molecule has 1 aliphatic heterocycles. The van der Waals surface area contributed by atoms with Crippen LogP contribution in [0.1, 0.15) is 38.2 Å². The standard InChI is InChI=1S/C20H22F2N2O8/c1-11-17(24(27)28)16(13-7-4-5-8-14(13)31-19(21)22)18(12(2)23-11)32-20(26)30-10-6-9-15(25)29-3/h4-5,7-8,16,19,23H,6,9-10H2,1-3H3. The van der Waals surface area contributed by atoms with E-state index < -0.39 is 35.3 Å². The van der Waals surface area contributed by atoms with Crippen molar-refractivity contribution in [1.82, 2.24) is 5.32 Å². The number of allylic oxidation sites excluding steroid dienone is 2. The van der Waals surface area contributed by atoms with Crippen molar-refractivity contribution in [1.29, 1.82) is 0 Å². The molecule has 0 saturated heterocycles. The van der Waals surface area contributed by atoms with E-state index in [0.717, 1.165) is 0 Å². The summed E-state index contributed by atoms with van der Waals surface area (Å²) in [6, 6.07) is 5.51. The maximum Gasteiger partial charge on any atom is 0.513 e. The molecule has 12 heteroatoms. The maximum absolute atomic E-state index is 12.9. The highest BCUT2D eigenvalue weighted by atomic mass is 19.3. The van der Waals surface area contributed by atoms with E-state index in [-0.39, 0.29) is 47.9 Å². The van der Waals surface area contributed by atoms with Crippen LogP contribution in [-0.4, -0.2) is 37.4 Å². The van der Waals surface area contributed by atoms with Gasteiger partial charge >= 0.3 is 18.7 Å². The lowest BCUT2D eigenvalue weighted by Crippen LogP contribution is -2.30. The smallest absolute Gasteiger partial charge is 0.469 e. The molecule has 0 saturated carbocycles. The second-order valence-electron chi connectivity index (χ2n) is 6.61. The number of nitrogens with one attached hydrogen (secondary N) is 1. The monoisotopic (exact) mass is 456 g/mol. The Morgan fingerprint density at radius 2 is 1.91 bits per heavy atom. The van der Waals surface area contributed by atoms with E-state index in [9.17, 15) is 28.5 Å². The fraction of sp³-hybridized carbons (Fsp3) is 0.400. The number of rotatable bonds is 9. The van der Waals surface area contributed by atoms with Crippen molar-refractivity contribution in [2.75, 3.05) is 13.7 Å². The van der Waals surface area contributed by atoms with Crippen molar-refractivity contribution in [3.63, 3.8) is 0 Å². The van der Waals surface area contributed by atoms with Crippen LogP contribution in [0.2, 0.25) is 0 Å². The number of hydrogen-bond acceptors (Lipinski definition) is 9. The van der Waals surface area contributed by atoms with Gasteiger partial charge in [-0.15, -0.1) is 0 Å². The fourth-order valence-electron chi connectivity index (χ4n) is 3.15. The molecule has 1 aromatic carbocycles. The van der Waals surface area contributed by atoms with Gasteiger partial charge in [0.15, 0.2) is 0 Å². The minimum Gasteiger partial charge on any atom is -0.469 e. The lowest BCUT2D eigenvalue weighted by Gasteiger charge is -2.27. The molecule has 0 fully saturated rings. The van der Waals surface area contributed by atoms with Gasteiger partial charge < -0.3 is 24.3 Å². The van der Waals surface area contributed by atoms with E-state index in [2.05, 4.69) is 14.8 Å². The van der Waals surface area contributed by atoms with Gasteiger partial charge in [-0.25, -0.2) is 4.79 Å². The summed E-state index contributed by atoms with van der Waals surface area (Å²) in [5.41, 5.74) is -0.0118. The van der Waals surface area contributed by atoms with E-state index >= 15 is 0 Å². The van der Waals surface area contributed by atoms with Crippen molar-refractivity contribution in [3.8, 4) is 5.75 Å². The largest absolute Gasteiger partial charge is 0.513 e. The highest BCUT2D eigenvalue weighted by Gasteiger charge is 2.41. The highest BCUT2D eigenvalue weighted by molar-refractivity contribution is 5.69. The normalized spacial score (nSPS) is 15.9. The summed E-state index contributed by atoms with van der Waals surface area (Å²) in [5, 5.41) is 14.6. The van der Waals surface area contributed by atoms with Crippen LogP contribution in [0.15, 0.2) is 47.1 Å². The van der Waals surface area contributed by atoms with Crippen LogP contribution in [0, 0.1) is 10.1 Å². The Bertz CT molecular complexity index is 945. The summed E-state index contributed by atoms with van der Waals surface area (Å²) in [6.45, 7) is -0.395. The fourth-order valence-corrected chi connectivity index (χ4v) is 3.15. The molecule has 32 heavy (non-hydrogen) atoms. The summed E-state index contributed by atoms with van der Waals surface area (Å²) in [5.74, 6) is -2.32. The topological polar surface area (TPSA) is 126 Å². The summed E-state index contributed by atoms with van der Waals surface area (Å²) in [7, 11) is 1.22. The third kappa shape index (κ3) is 6.15. The van der Waals surface area contributed by atoms with Gasteiger partial charge in [0.25, 0.3) is 5.70 Å². The minimum absolute atomic E-state index is 0.00758. The first kappa shape index (κ1) is 24.6. The first-order valence-corrected chi connectivity index (χ1v) is 9.43. The predicted molar refractivity (Wildman–Crippen MR) is 105 cm³/mol. The number of carbonyl (C=O) groups excluding carboxylic acids is 2. The maximum atomic E-state index is 12.9. The van der Waals surface area contributed by atoms with Gasteiger partial charge in [0.1, 0.15) is 17.4 Å². The number of dihydropyridines is 1. The van der Waals surface area contributed by atoms with E-state index in [4.69, 9.17) is 9.47 Å². The Morgan fingerprint density at radius 1 is 1.22 bits per heavy atom. The van der Waals surface area contributed by atoms with Crippen LogP contribution in [0.4, 0.5) is 13.6 Å². The number of carbonyl (C=O) groups is 2. The number of para-hydroxylation sites is 1. The molecule has 1 unspecified atom stereocenters. The quantitative estimate of drug-likeness (QED) is 0.255. The van der Waals surface area contributed by atoms with Crippen LogP contribution >= 0.6 is 0 Å². The molecular weight excluding hydrogens is 434 g/mol. The number of halogens is 2. The number of nitro groups is 1. The molecule has 1 N–H and O–H groups in total. The third-order valence-electron chi connectivity index (χ3n) is 4.47. The van der Waals surface area contributed by atoms with Crippen LogP contribution in [0.3, 0.4) is 0 Å². The van der Waals surface area contributed by atoms with Crippen molar-refractivity contribution in [2.45, 2.75) is 39.2 Å². The van der Waals surface area contributed by atoms with E-state index in [1.807, 2.05) is 0 Å². The van der Waals surface area contributed by atoms with Crippen molar-refractivity contribution >= 4 is 12.1 Å². The average molecular weight is 456 g/mol. The zero-order valence-electron chi connectivity index (χ0n) is 17.6. The number of alkyl halides is 2. The van der Waals surface area contributed by atoms with Gasteiger partial charge in [-0.1, -0.05) is 18.2 Å². The number of methoxy groups -OCH3 is 1. The zero-order chi connectivity index (χ0) is 23.8. The van der Waals surface area contributed by atoms with Gasteiger partial charge in [0.2, 0.25) is 0 Å². The molecule has 0 bridgehead atoms. The molecule has 0 amide bonds. The van der Waals surface area contributed by atoms with Crippen LogP contribution in [0.25, 0.3) is 0 Å². The Balaban J connectivity index is 2.34. The Morgan fingerprint density at radius 3 is 2.53 bits per heavy atom.